The third kappa shape index (κ3) is 3.00. The second-order valence-electron chi connectivity index (χ2n) is 5.87. The maximum absolute atomic E-state index is 12.1. The van der Waals surface area contributed by atoms with Crippen LogP contribution in [-0.4, -0.2) is 33.3 Å². The van der Waals surface area contributed by atoms with Gasteiger partial charge in [0.05, 0.1) is 5.60 Å². The smallest absolute Gasteiger partial charge is 0.293 e. The lowest BCUT2D eigenvalue weighted by molar-refractivity contribution is 0.0637. The highest BCUT2D eigenvalue weighted by molar-refractivity contribution is 6.30. The van der Waals surface area contributed by atoms with E-state index in [0.29, 0.717) is 36.8 Å². The van der Waals surface area contributed by atoms with Gasteiger partial charge in [-0.2, -0.15) is 0 Å². The van der Waals surface area contributed by atoms with Crippen LogP contribution in [0.2, 0.25) is 5.02 Å². The van der Waals surface area contributed by atoms with E-state index in [4.69, 9.17) is 11.6 Å². The minimum Gasteiger partial charge on any atom is -0.388 e. The minimum atomic E-state index is -0.868. The van der Waals surface area contributed by atoms with Gasteiger partial charge in [-0.05, 0) is 24.1 Å². The molecule has 2 aromatic rings. The zero-order valence-electron chi connectivity index (χ0n) is 12.4. The Bertz CT molecular complexity index is 746. The summed E-state index contributed by atoms with van der Waals surface area (Å²) in [5, 5.41) is 11.5. The summed E-state index contributed by atoms with van der Waals surface area (Å²) in [5.41, 5.74) is -0.0204. The number of hydrogen-bond acceptors (Lipinski definition) is 4. The van der Waals surface area contributed by atoms with Crippen LogP contribution in [0.25, 0.3) is 0 Å². The van der Waals surface area contributed by atoms with Crippen molar-refractivity contribution in [1.82, 2.24) is 9.55 Å². The van der Waals surface area contributed by atoms with Crippen molar-refractivity contribution in [1.29, 1.82) is 0 Å². The highest BCUT2D eigenvalue weighted by atomic mass is 35.5. The Labute approximate surface area is 133 Å². The molecule has 1 aliphatic rings. The van der Waals surface area contributed by atoms with Gasteiger partial charge < -0.3 is 14.6 Å². The first-order valence-electron chi connectivity index (χ1n) is 7.20. The average molecular weight is 320 g/mol. The number of benzene rings is 1. The predicted octanol–water partition coefficient (Wildman–Crippen LogP) is 1.62. The lowest BCUT2D eigenvalue weighted by atomic mass is 9.94. The number of hydrogen-bond donors (Lipinski definition) is 1. The van der Waals surface area contributed by atoms with E-state index in [-0.39, 0.29) is 5.56 Å². The fraction of sp³-hybridized carbons (Fsp3) is 0.375. The third-order valence-corrected chi connectivity index (χ3v) is 4.29. The fourth-order valence-electron chi connectivity index (χ4n) is 2.91. The van der Waals surface area contributed by atoms with Crippen molar-refractivity contribution in [3.63, 3.8) is 0 Å². The molecule has 0 spiro atoms. The van der Waals surface area contributed by atoms with Crippen LogP contribution in [0, 0.1) is 0 Å². The van der Waals surface area contributed by atoms with E-state index in [9.17, 15) is 9.90 Å². The zero-order valence-corrected chi connectivity index (χ0v) is 13.1. The van der Waals surface area contributed by atoms with Gasteiger partial charge in [0, 0.05) is 44.0 Å². The normalized spacial score (nSPS) is 21.3. The molecule has 0 aliphatic carbocycles. The first-order chi connectivity index (χ1) is 10.5. The van der Waals surface area contributed by atoms with Crippen LogP contribution in [0.1, 0.15) is 12.0 Å². The van der Waals surface area contributed by atoms with Gasteiger partial charge in [0.25, 0.3) is 5.56 Å². The van der Waals surface area contributed by atoms with Crippen LogP contribution in [0.4, 0.5) is 5.82 Å². The predicted molar refractivity (Wildman–Crippen MR) is 86.4 cm³/mol. The largest absolute Gasteiger partial charge is 0.388 e. The number of aryl methyl sites for hydroxylation is 1. The number of nitrogens with zero attached hydrogens (tertiary/aromatic N) is 3. The number of aliphatic hydroxyl groups is 1. The van der Waals surface area contributed by atoms with Gasteiger partial charge in [-0.25, -0.2) is 4.98 Å². The Morgan fingerprint density at radius 3 is 3.05 bits per heavy atom. The second-order valence-corrected chi connectivity index (χ2v) is 6.31. The molecule has 1 atom stereocenters. The van der Waals surface area contributed by atoms with Crippen molar-refractivity contribution in [3.8, 4) is 0 Å². The van der Waals surface area contributed by atoms with E-state index in [2.05, 4.69) is 4.98 Å². The number of halogens is 1. The van der Waals surface area contributed by atoms with Crippen molar-refractivity contribution >= 4 is 17.4 Å². The molecule has 0 saturated carbocycles. The first kappa shape index (κ1) is 15.1. The molecule has 1 aromatic carbocycles. The topological polar surface area (TPSA) is 58.4 Å². The molecule has 3 rings (SSSR count). The zero-order chi connectivity index (χ0) is 15.7. The van der Waals surface area contributed by atoms with E-state index in [1.165, 1.54) is 4.57 Å². The van der Waals surface area contributed by atoms with Gasteiger partial charge in [0.15, 0.2) is 5.82 Å². The molecule has 1 aromatic heterocycles. The molecule has 1 saturated heterocycles. The van der Waals surface area contributed by atoms with E-state index in [1.54, 1.807) is 19.4 Å². The van der Waals surface area contributed by atoms with E-state index < -0.39 is 5.60 Å². The molecule has 1 unspecified atom stereocenters. The molecule has 6 heteroatoms. The Hall–Kier alpha value is -1.85. The van der Waals surface area contributed by atoms with Gasteiger partial charge >= 0.3 is 0 Å². The summed E-state index contributed by atoms with van der Waals surface area (Å²) in [6.07, 6.45) is 4.33. The molecule has 0 radical (unpaired) electrons. The van der Waals surface area contributed by atoms with Gasteiger partial charge in [0.2, 0.25) is 0 Å². The first-order valence-corrected chi connectivity index (χ1v) is 7.58. The Morgan fingerprint density at radius 2 is 2.27 bits per heavy atom. The molecule has 0 bridgehead atoms. The summed E-state index contributed by atoms with van der Waals surface area (Å²) in [6, 6.07) is 7.50. The Kier molecular flexibility index (Phi) is 3.93. The van der Waals surface area contributed by atoms with E-state index >= 15 is 0 Å². The van der Waals surface area contributed by atoms with Crippen LogP contribution in [0.15, 0.2) is 41.5 Å². The van der Waals surface area contributed by atoms with Crippen LogP contribution >= 0.6 is 11.6 Å². The molecule has 0 amide bonds. The SMILES string of the molecule is Cn1ccnc(N2CCC(O)(Cc3cccc(Cl)c3)C2)c1=O. The standard InChI is InChI=1S/C16H18ClN3O2/c1-19-8-6-18-14(15(19)21)20-7-5-16(22,11-20)10-12-3-2-4-13(17)9-12/h2-4,6,8-9,22H,5,7,10-11H2,1H3. The van der Waals surface area contributed by atoms with Gasteiger partial charge in [-0.3, -0.25) is 4.79 Å². The summed E-state index contributed by atoms with van der Waals surface area (Å²) < 4.78 is 1.50. The van der Waals surface area contributed by atoms with Gasteiger partial charge in [0.1, 0.15) is 0 Å². The molecular formula is C16H18ClN3O2. The van der Waals surface area contributed by atoms with Gasteiger partial charge in [-0.15, -0.1) is 0 Å². The van der Waals surface area contributed by atoms with Crippen molar-refractivity contribution in [2.24, 2.45) is 7.05 Å². The molecule has 5 nitrogen and oxygen atoms in total. The van der Waals surface area contributed by atoms with Crippen LogP contribution < -0.4 is 10.5 Å². The molecule has 116 valence electrons. The highest BCUT2D eigenvalue weighted by Gasteiger charge is 2.37. The van der Waals surface area contributed by atoms with Crippen molar-refractivity contribution in [3.05, 3.63) is 57.6 Å². The summed E-state index contributed by atoms with van der Waals surface area (Å²) in [6.45, 7) is 1.01. The van der Waals surface area contributed by atoms with Crippen molar-refractivity contribution < 1.29 is 5.11 Å². The Balaban J connectivity index is 1.79. The molecule has 22 heavy (non-hydrogen) atoms. The van der Waals surface area contributed by atoms with Gasteiger partial charge in [-0.1, -0.05) is 23.7 Å². The van der Waals surface area contributed by atoms with Crippen LogP contribution in [0.5, 0.6) is 0 Å². The number of rotatable bonds is 3. The lowest BCUT2D eigenvalue weighted by Crippen LogP contribution is -2.38. The molecule has 2 heterocycles. The molecule has 1 N–H and O–H groups in total. The average Bonchev–Trinajstić information content (AvgIpc) is 2.84. The highest BCUT2D eigenvalue weighted by Crippen LogP contribution is 2.28. The summed E-state index contributed by atoms with van der Waals surface area (Å²) in [5.74, 6) is 0.395. The molecule has 1 aliphatic heterocycles. The quantitative estimate of drug-likeness (QED) is 0.934. The van der Waals surface area contributed by atoms with E-state index in [1.807, 2.05) is 29.2 Å². The second kappa shape index (κ2) is 5.74. The molecule has 1 fully saturated rings. The maximum Gasteiger partial charge on any atom is 0.293 e. The monoisotopic (exact) mass is 319 g/mol. The lowest BCUT2D eigenvalue weighted by Gasteiger charge is -2.24. The summed E-state index contributed by atoms with van der Waals surface area (Å²) in [4.78, 5) is 18.2. The minimum absolute atomic E-state index is 0.144. The summed E-state index contributed by atoms with van der Waals surface area (Å²) >= 11 is 5.99. The Morgan fingerprint density at radius 1 is 1.45 bits per heavy atom. The number of β-amino-alcohol motifs (C(OH)–C–C–N with tert-alkyl or cyclic N) is 1. The fourth-order valence-corrected chi connectivity index (χ4v) is 3.12. The van der Waals surface area contributed by atoms with Crippen LogP contribution in [0.3, 0.4) is 0 Å². The van der Waals surface area contributed by atoms with Crippen LogP contribution in [-0.2, 0) is 13.5 Å². The van der Waals surface area contributed by atoms with Crippen molar-refractivity contribution in [2.45, 2.75) is 18.4 Å². The molecular weight excluding hydrogens is 302 g/mol. The number of anilines is 1. The maximum atomic E-state index is 12.1. The summed E-state index contributed by atoms with van der Waals surface area (Å²) in [7, 11) is 1.70. The number of aromatic nitrogens is 2. The van der Waals surface area contributed by atoms with Crippen molar-refractivity contribution in [2.75, 3.05) is 18.0 Å². The third-order valence-electron chi connectivity index (χ3n) is 4.05. The van der Waals surface area contributed by atoms with E-state index in [0.717, 1.165) is 5.56 Å².